The number of nitrogens with zero attached hydrogens (tertiary/aromatic N) is 1. The Balaban J connectivity index is 2.12. The summed E-state index contributed by atoms with van der Waals surface area (Å²) in [6, 6.07) is 9.49. The number of benzene rings is 2. The van der Waals surface area contributed by atoms with Gasteiger partial charge in [-0.3, -0.25) is 9.69 Å². The Bertz CT molecular complexity index is 817. The van der Waals surface area contributed by atoms with Gasteiger partial charge < -0.3 is 5.32 Å². The molecule has 0 fully saturated rings. The minimum atomic E-state index is -4.64. The van der Waals surface area contributed by atoms with E-state index in [4.69, 9.17) is 0 Å². The lowest BCUT2D eigenvalue weighted by Crippen LogP contribution is -2.33. The molecule has 2 aromatic rings. The van der Waals surface area contributed by atoms with Gasteiger partial charge in [-0.25, -0.2) is 0 Å². The van der Waals surface area contributed by atoms with E-state index in [1.165, 1.54) is 35.2 Å². The van der Waals surface area contributed by atoms with E-state index in [-0.39, 0.29) is 25.2 Å². The summed E-state index contributed by atoms with van der Waals surface area (Å²) in [5.74, 6) is -0.747. The van der Waals surface area contributed by atoms with Crippen molar-refractivity contribution < 1.29 is 31.1 Å². The first-order valence-corrected chi connectivity index (χ1v) is 8.36. The topological polar surface area (TPSA) is 32.3 Å². The summed E-state index contributed by atoms with van der Waals surface area (Å²) in [6.07, 6.45) is -9.18. The molecule has 0 atom stereocenters. The molecule has 28 heavy (non-hydrogen) atoms. The highest BCUT2D eigenvalue weighted by molar-refractivity contribution is 5.93. The van der Waals surface area contributed by atoms with Gasteiger partial charge in [-0.2, -0.15) is 26.3 Å². The summed E-state index contributed by atoms with van der Waals surface area (Å²) in [5, 5.41) is 2.19. The van der Waals surface area contributed by atoms with Crippen molar-refractivity contribution in [2.45, 2.75) is 25.8 Å². The molecule has 1 N–H and O–H groups in total. The number of halogens is 6. The molecule has 0 saturated carbocycles. The molecule has 0 aliphatic carbocycles. The van der Waals surface area contributed by atoms with Crippen molar-refractivity contribution in [3.8, 4) is 0 Å². The standard InChI is InChI=1S/C19H18F6N2O/c1-2-27(11-13-7-3-4-8-14(13)18(20,21)22)12-17(28)26-16-10-6-5-9-15(16)19(23,24)25/h3-10H,2,11-12H2,1H3,(H,26,28). The van der Waals surface area contributed by atoms with Crippen LogP contribution < -0.4 is 5.32 Å². The lowest BCUT2D eigenvalue weighted by Gasteiger charge is -2.22. The van der Waals surface area contributed by atoms with E-state index in [9.17, 15) is 31.1 Å². The van der Waals surface area contributed by atoms with Crippen LogP contribution in [0.3, 0.4) is 0 Å². The Morgan fingerprint density at radius 1 is 0.893 bits per heavy atom. The van der Waals surface area contributed by atoms with Crippen LogP contribution in [0.25, 0.3) is 0 Å². The number of alkyl halides is 6. The number of hydrogen-bond acceptors (Lipinski definition) is 2. The molecule has 0 aromatic heterocycles. The van der Waals surface area contributed by atoms with Gasteiger partial charge in [0.1, 0.15) is 0 Å². The first-order valence-electron chi connectivity index (χ1n) is 8.36. The summed E-state index contributed by atoms with van der Waals surface area (Å²) in [4.78, 5) is 13.6. The Morgan fingerprint density at radius 2 is 1.43 bits per heavy atom. The second-order valence-electron chi connectivity index (χ2n) is 6.05. The molecular formula is C19H18F6N2O. The number of amides is 1. The van der Waals surface area contributed by atoms with Crippen molar-refractivity contribution in [3.05, 3.63) is 65.2 Å². The van der Waals surface area contributed by atoms with Crippen LogP contribution in [0, 0.1) is 0 Å². The second kappa shape index (κ2) is 8.64. The van der Waals surface area contributed by atoms with E-state index in [1.807, 2.05) is 0 Å². The van der Waals surface area contributed by atoms with Crippen molar-refractivity contribution >= 4 is 11.6 Å². The molecular weight excluding hydrogens is 386 g/mol. The lowest BCUT2D eigenvalue weighted by atomic mass is 10.1. The number of para-hydroxylation sites is 1. The molecule has 0 bridgehead atoms. The molecule has 0 aliphatic rings. The van der Waals surface area contributed by atoms with Crippen LogP contribution in [0.4, 0.5) is 32.0 Å². The third-order valence-corrected chi connectivity index (χ3v) is 4.04. The smallest absolute Gasteiger partial charge is 0.324 e. The average molecular weight is 404 g/mol. The number of likely N-dealkylation sites (N-methyl/N-ethyl adjacent to an activating group) is 1. The third kappa shape index (κ3) is 5.72. The maximum absolute atomic E-state index is 13.1. The molecule has 0 unspecified atom stereocenters. The van der Waals surface area contributed by atoms with Gasteiger partial charge in [0.25, 0.3) is 0 Å². The maximum Gasteiger partial charge on any atom is 0.418 e. The zero-order valence-corrected chi connectivity index (χ0v) is 14.9. The van der Waals surface area contributed by atoms with Crippen LogP contribution in [0.1, 0.15) is 23.6 Å². The summed E-state index contributed by atoms with van der Waals surface area (Å²) in [7, 11) is 0. The highest BCUT2D eigenvalue weighted by Crippen LogP contribution is 2.35. The van der Waals surface area contributed by atoms with Gasteiger partial charge in [0.15, 0.2) is 0 Å². The van der Waals surface area contributed by atoms with Crippen molar-refractivity contribution in [2.75, 3.05) is 18.4 Å². The lowest BCUT2D eigenvalue weighted by molar-refractivity contribution is -0.138. The fraction of sp³-hybridized carbons (Fsp3) is 0.316. The second-order valence-corrected chi connectivity index (χ2v) is 6.05. The zero-order chi connectivity index (χ0) is 20.9. The van der Waals surface area contributed by atoms with Gasteiger partial charge in [-0.1, -0.05) is 37.3 Å². The number of nitrogens with one attached hydrogen (secondary N) is 1. The van der Waals surface area contributed by atoms with Crippen molar-refractivity contribution in [3.63, 3.8) is 0 Å². The Labute approximate surface area is 158 Å². The van der Waals surface area contributed by atoms with Gasteiger partial charge in [0.05, 0.1) is 23.4 Å². The maximum atomic E-state index is 13.1. The molecule has 0 radical (unpaired) electrons. The molecule has 2 rings (SSSR count). The van der Waals surface area contributed by atoms with Crippen molar-refractivity contribution in [2.24, 2.45) is 0 Å². The van der Waals surface area contributed by atoms with E-state index in [2.05, 4.69) is 5.32 Å². The molecule has 0 saturated heterocycles. The van der Waals surface area contributed by atoms with Gasteiger partial charge in [0.2, 0.25) is 5.91 Å². The van der Waals surface area contributed by atoms with E-state index >= 15 is 0 Å². The number of carbonyl (C=O) groups is 1. The van der Waals surface area contributed by atoms with Crippen LogP contribution in [0.15, 0.2) is 48.5 Å². The first kappa shape index (κ1) is 21.7. The summed E-state index contributed by atoms with van der Waals surface area (Å²) in [5.41, 5.74) is -2.21. The number of rotatable bonds is 6. The fourth-order valence-electron chi connectivity index (χ4n) is 2.69. The summed E-state index contributed by atoms with van der Waals surface area (Å²) in [6.45, 7) is 1.36. The molecule has 3 nitrogen and oxygen atoms in total. The quantitative estimate of drug-likeness (QED) is 0.673. The van der Waals surface area contributed by atoms with Gasteiger partial charge in [-0.15, -0.1) is 0 Å². The summed E-state index contributed by atoms with van der Waals surface area (Å²) >= 11 is 0. The molecule has 1 amide bonds. The molecule has 2 aromatic carbocycles. The van der Waals surface area contributed by atoms with Gasteiger partial charge in [0, 0.05) is 6.54 Å². The van der Waals surface area contributed by atoms with Crippen molar-refractivity contribution in [1.29, 1.82) is 0 Å². The average Bonchev–Trinajstić information content (AvgIpc) is 2.60. The minimum absolute atomic E-state index is 0.0136. The first-order chi connectivity index (χ1) is 13.0. The van der Waals surface area contributed by atoms with Gasteiger partial charge in [-0.05, 0) is 30.3 Å². The largest absolute Gasteiger partial charge is 0.418 e. The highest BCUT2D eigenvalue weighted by Gasteiger charge is 2.34. The van der Waals surface area contributed by atoms with Crippen molar-refractivity contribution in [1.82, 2.24) is 4.90 Å². The predicted molar refractivity (Wildman–Crippen MR) is 92.5 cm³/mol. The normalized spacial score (nSPS) is 12.3. The Hall–Kier alpha value is -2.55. The zero-order valence-electron chi connectivity index (χ0n) is 14.9. The molecule has 0 spiro atoms. The van der Waals surface area contributed by atoms with Gasteiger partial charge >= 0.3 is 12.4 Å². The minimum Gasteiger partial charge on any atom is -0.324 e. The fourth-order valence-corrected chi connectivity index (χ4v) is 2.69. The van der Waals surface area contributed by atoms with Crippen LogP contribution in [0.5, 0.6) is 0 Å². The third-order valence-electron chi connectivity index (χ3n) is 4.04. The monoisotopic (exact) mass is 404 g/mol. The summed E-state index contributed by atoms with van der Waals surface area (Å²) < 4.78 is 78.3. The molecule has 0 aliphatic heterocycles. The van der Waals surface area contributed by atoms with Crippen LogP contribution in [-0.4, -0.2) is 23.9 Å². The number of anilines is 1. The number of carbonyl (C=O) groups excluding carboxylic acids is 1. The molecule has 9 heteroatoms. The van der Waals surface area contributed by atoms with E-state index in [1.54, 1.807) is 6.92 Å². The van der Waals surface area contributed by atoms with E-state index < -0.39 is 35.1 Å². The highest BCUT2D eigenvalue weighted by atomic mass is 19.4. The van der Waals surface area contributed by atoms with Crippen LogP contribution >= 0.6 is 0 Å². The van der Waals surface area contributed by atoms with Crippen LogP contribution in [-0.2, 0) is 23.7 Å². The Kier molecular flexibility index (Phi) is 6.71. The number of hydrogen-bond donors (Lipinski definition) is 1. The SMILES string of the molecule is CCN(CC(=O)Nc1ccccc1C(F)(F)F)Cc1ccccc1C(F)(F)F. The predicted octanol–water partition coefficient (Wildman–Crippen LogP) is 5.18. The molecule has 0 heterocycles. The van der Waals surface area contributed by atoms with Crippen LogP contribution in [0.2, 0.25) is 0 Å². The van der Waals surface area contributed by atoms with E-state index in [0.29, 0.717) is 0 Å². The Morgan fingerprint density at radius 3 is 2.00 bits per heavy atom. The molecule has 152 valence electrons. The van der Waals surface area contributed by atoms with E-state index in [0.717, 1.165) is 18.2 Å².